The van der Waals surface area contributed by atoms with Gasteiger partial charge in [0.25, 0.3) is 5.91 Å². The molecule has 0 aliphatic rings. The Morgan fingerprint density at radius 1 is 1.19 bits per heavy atom. The van der Waals surface area contributed by atoms with Crippen LogP contribution in [0.5, 0.6) is 0 Å². The number of furan rings is 1. The Labute approximate surface area is 177 Å². The van der Waals surface area contributed by atoms with Crippen molar-refractivity contribution in [3.05, 3.63) is 53.5 Å². The van der Waals surface area contributed by atoms with Crippen LogP contribution in [-0.4, -0.2) is 52.4 Å². The van der Waals surface area contributed by atoms with E-state index in [-0.39, 0.29) is 29.4 Å². The van der Waals surface area contributed by atoms with Gasteiger partial charge < -0.3 is 19.6 Å². The molecule has 0 saturated carbocycles. The van der Waals surface area contributed by atoms with E-state index in [0.717, 1.165) is 12.1 Å². The number of halogens is 3. The predicted octanol–water partition coefficient (Wildman–Crippen LogP) is 2.08. The average Bonchev–Trinajstić information content (AvgIpc) is 3.14. The standard InChI is InChI=1S/C19H23F3N2O6S/c1-13-6-7-16(30-13)18(26,19(20,21)22)8-9-23-17(25)14-4-3-5-15(12-14)31(27,28)24-10-11-29-2/h3-7,12,24,26H,8-11H2,1-2H3,(H,23,25). The van der Waals surface area contributed by atoms with Crippen molar-refractivity contribution in [3.8, 4) is 0 Å². The number of ether oxygens (including phenoxy) is 1. The van der Waals surface area contributed by atoms with Crippen molar-refractivity contribution in [1.82, 2.24) is 10.0 Å². The number of nitrogens with one attached hydrogen (secondary N) is 2. The number of hydrogen-bond donors (Lipinski definition) is 3. The molecule has 31 heavy (non-hydrogen) atoms. The summed E-state index contributed by atoms with van der Waals surface area (Å²) in [6, 6.07) is 7.32. The van der Waals surface area contributed by atoms with E-state index in [1.165, 1.54) is 38.3 Å². The van der Waals surface area contributed by atoms with Crippen molar-refractivity contribution >= 4 is 15.9 Å². The monoisotopic (exact) mass is 464 g/mol. The maximum Gasteiger partial charge on any atom is 0.424 e. The number of sulfonamides is 1. The third-order valence-corrected chi connectivity index (χ3v) is 5.85. The fourth-order valence-corrected chi connectivity index (χ4v) is 3.74. The van der Waals surface area contributed by atoms with Crippen molar-refractivity contribution in [2.45, 2.75) is 30.0 Å². The molecule has 1 unspecified atom stereocenters. The number of methoxy groups -OCH3 is 1. The van der Waals surface area contributed by atoms with E-state index in [0.29, 0.717) is 0 Å². The third kappa shape index (κ3) is 6.06. The van der Waals surface area contributed by atoms with Crippen molar-refractivity contribution in [2.75, 3.05) is 26.8 Å². The first-order chi connectivity index (χ1) is 14.4. The minimum Gasteiger partial charge on any atom is -0.463 e. The Balaban J connectivity index is 2.08. The summed E-state index contributed by atoms with van der Waals surface area (Å²) in [5.41, 5.74) is -3.36. The van der Waals surface area contributed by atoms with E-state index in [1.807, 2.05) is 0 Å². The van der Waals surface area contributed by atoms with Crippen LogP contribution < -0.4 is 10.0 Å². The molecule has 0 fully saturated rings. The summed E-state index contributed by atoms with van der Waals surface area (Å²) in [4.78, 5) is 12.1. The van der Waals surface area contributed by atoms with E-state index in [1.54, 1.807) is 0 Å². The molecule has 0 saturated heterocycles. The summed E-state index contributed by atoms with van der Waals surface area (Å²) < 4.78 is 76.8. The number of benzene rings is 1. The van der Waals surface area contributed by atoms with Gasteiger partial charge in [0.2, 0.25) is 15.6 Å². The Morgan fingerprint density at radius 2 is 1.90 bits per heavy atom. The van der Waals surface area contributed by atoms with Gasteiger partial charge in [-0.25, -0.2) is 13.1 Å². The normalized spacial score (nSPS) is 14.3. The van der Waals surface area contributed by atoms with Crippen LogP contribution in [0.15, 0.2) is 45.7 Å². The van der Waals surface area contributed by atoms with Gasteiger partial charge in [-0.2, -0.15) is 13.2 Å². The molecule has 0 bridgehead atoms. The Hall–Kier alpha value is -2.41. The van der Waals surface area contributed by atoms with Gasteiger partial charge in [0.05, 0.1) is 11.5 Å². The molecule has 2 aromatic rings. The molecule has 1 heterocycles. The van der Waals surface area contributed by atoms with E-state index in [2.05, 4.69) is 10.0 Å². The number of aliphatic hydroxyl groups is 1. The summed E-state index contributed by atoms with van der Waals surface area (Å²) in [6.45, 7) is 1.07. The summed E-state index contributed by atoms with van der Waals surface area (Å²) in [7, 11) is -2.49. The molecule has 0 aliphatic heterocycles. The van der Waals surface area contributed by atoms with Crippen LogP contribution in [0.1, 0.15) is 28.3 Å². The average molecular weight is 464 g/mol. The highest BCUT2D eigenvalue weighted by Crippen LogP contribution is 2.42. The molecule has 172 valence electrons. The number of rotatable bonds is 10. The summed E-state index contributed by atoms with van der Waals surface area (Å²) in [5.74, 6) is -1.28. The minimum atomic E-state index is -5.04. The molecule has 1 aromatic heterocycles. The Morgan fingerprint density at radius 3 is 2.48 bits per heavy atom. The number of hydrogen-bond acceptors (Lipinski definition) is 6. The minimum absolute atomic E-state index is 0.0253. The zero-order valence-electron chi connectivity index (χ0n) is 16.8. The van der Waals surface area contributed by atoms with Crippen LogP contribution in [0.4, 0.5) is 13.2 Å². The highest BCUT2D eigenvalue weighted by molar-refractivity contribution is 7.89. The van der Waals surface area contributed by atoms with Crippen LogP contribution in [0.3, 0.4) is 0 Å². The van der Waals surface area contributed by atoms with Crippen LogP contribution >= 0.6 is 0 Å². The molecular formula is C19H23F3N2O6S. The van der Waals surface area contributed by atoms with Crippen molar-refractivity contribution in [1.29, 1.82) is 0 Å². The zero-order valence-corrected chi connectivity index (χ0v) is 17.6. The second kappa shape index (κ2) is 9.81. The lowest BCUT2D eigenvalue weighted by molar-refractivity contribution is -0.274. The second-order valence-electron chi connectivity index (χ2n) is 6.69. The number of carbonyl (C=O) groups excluding carboxylic acids is 1. The van der Waals surface area contributed by atoms with E-state index >= 15 is 0 Å². The number of carbonyl (C=O) groups is 1. The van der Waals surface area contributed by atoms with Crippen molar-refractivity contribution in [3.63, 3.8) is 0 Å². The molecule has 0 spiro atoms. The van der Waals surface area contributed by atoms with Crippen molar-refractivity contribution in [2.24, 2.45) is 0 Å². The van der Waals surface area contributed by atoms with Crippen LogP contribution in [0.2, 0.25) is 0 Å². The highest BCUT2D eigenvalue weighted by atomic mass is 32.2. The lowest BCUT2D eigenvalue weighted by atomic mass is 9.95. The molecule has 0 radical (unpaired) electrons. The van der Waals surface area contributed by atoms with Gasteiger partial charge in [0, 0.05) is 32.2 Å². The summed E-state index contributed by atoms with van der Waals surface area (Å²) in [6.07, 6.45) is -5.93. The first kappa shape index (κ1) is 24.9. The van der Waals surface area contributed by atoms with Gasteiger partial charge in [-0.15, -0.1) is 0 Å². The molecular weight excluding hydrogens is 441 g/mol. The fraction of sp³-hybridized carbons (Fsp3) is 0.421. The van der Waals surface area contributed by atoms with Gasteiger partial charge in [-0.05, 0) is 37.3 Å². The van der Waals surface area contributed by atoms with Gasteiger partial charge >= 0.3 is 6.18 Å². The third-order valence-electron chi connectivity index (χ3n) is 4.39. The number of amides is 1. The SMILES string of the molecule is COCCNS(=O)(=O)c1cccc(C(=O)NCCC(O)(c2ccc(C)o2)C(F)(F)F)c1. The zero-order chi connectivity index (χ0) is 23.3. The molecule has 0 aliphatic carbocycles. The quantitative estimate of drug-likeness (QED) is 0.464. The molecule has 12 heteroatoms. The van der Waals surface area contributed by atoms with E-state index < -0.39 is 46.4 Å². The molecule has 2 rings (SSSR count). The summed E-state index contributed by atoms with van der Waals surface area (Å²) in [5, 5.41) is 12.5. The molecule has 1 aromatic carbocycles. The van der Waals surface area contributed by atoms with Crippen LogP contribution in [0, 0.1) is 6.92 Å². The summed E-state index contributed by atoms with van der Waals surface area (Å²) >= 11 is 0. The lowest BCUT2D eigenvalue weighted by Crippen LogP contribution is -2.44. The second-order valence-corrected chi connectivity index (χ2v) is 8.46. The van der Waals surface area contributed by atoms with Gasteiger partial charge in [0.15, 0.2) is 0 Å². The number of alkyl halides is 3. The van der Waals surface area contributed by atoms with Crippen LogP contribution in [-0.2, 0) is 20.4 Å². The Kier molecular flexibility index (Phi) is 7.87. The smallest absolute Gasteiger partial charge is 0.424 e. The fourth-order valence-electron chi connectivity index (χ4n) is 2.69. The van der Waals surface area contributed by atoms with Crippen LogP contribution in [0.25, 0.3) is 0 Å². The largest absolute Gasteiger partial charge is 0.463 e. The van der Waals surface area contributed by atoms with E-state index in [4.69, 9.17) is 9.15 Å². The molecule has 8 nitrogen and oxygen atoms in total. The topological polar surface area (TPSA) is 118 Å². The first-order valence-corrected chi connectivity index (χ1v) is 10.6. The molecule has 3 N–H and O–H groups in total. The first-order valence-electron chi connectivity index (χ1n) is 9.13. The lowest BCUT2D eigenvalue weighted by Gasteiger charge is -2.28. The maximum atomic E-state index is 13.5. The van der Waals surface area contributed by atoms with E-state index in [9.17, 15) is 31.5 Å². The predicted molar refractivity (Wildman–Crippen MR) is 104 cm³/mol. The van der Waals surface area contributed by atoms with Gasteiger partial charge in [0.1, 0.15) is 11.5 Å². The Bertz CT molecular complexity index is 1010. The highest BCUT2D eigenvalue weighted by Gasteiger charge is 2.56. The van der Waals surface area contributed by atoms with Gasteiger partial charge in [-0.1, -0.05) is 6.07 Å². The molecule has 1 atom stereocenters. The number of aryl methyl sites for hydroxylation is 1. The van der Waals surface area contributed by atoms with Gasteiger partial charge in [-0.3, -0.25) is 4.79 Å². The van der Waals surface area contributed by atoms with Crippen molar-refractivity contribution < 1.29 is 40.6 Å². The molecule has 1 amide bonds. The maximum absolute atomic E-state index is 13.5.